The fraction of sp³-hybridized carbons (Fsp3) is 0.333. The highest BCUT2D eigenvalue weighted by Gasteiger charge is 2.04. The van der Waals surface area contributed by atoms with E-state index in [1.807, 2.05) is 12.1 Å². The summed E-state index contributed by atoms with van der Waals surface area (Å²) in [4.78, 5) is 21.4. The van der Waals surface area contributed by atoms with Crippen molar-refractivity contribution < 1.29 is 19.4 Å². The highest BCUT2D eigenvalue weighted by atomic mass is 16.5. The molecule has 0 saturated heterocycles. The summed E-state index contributed by atoms with van der Waals surface area (Å²) in [6, 6.07) is 6.99. The molecule has 0 bridgehead atoms. The second-order valence-electron chi connectivity index (χ2n) is 3.44. The Morgan fingerprint density at radius 3 is 2.38 bits per heavy atom. The zero-order chi connectivity index (χ0) is 12.0. The second kappa shape index (κ2) is 5.90. The fourth-order valence-corrected chi connectivity index (χ4v) is 1.37. The van der Waals surface area contributed by atoms with Crippen LogP contribution in [0.3, 0.4) is 0 Å². The van der Waals surface area contributed by atoms with E-state index in [2.05, 4.69) is 4.74 Å². The number of methoxy groups -OCH3 is 1. The minimum Gasteiger partial charge on any atom is -0.481 e. The van der Waals surface area contributed by atoms with Gasteiger partial charge < -0.3 is 9.84 Å². The fourth-order valence-electron chi connectivity index (χ4n) is 1.37. The van der Waals surface area contributed by atoms with Crippen molar-refractivity contribution in [3.05, 3.63) is 35.4 Å². The van der Waals surface area contributed by atoms with Crippen molar-refractivity contribution in [2.24, 2.45) is 0 Å². The number of esters is 1. The zero-order valence-electron chi connectivity index (χ0n) is 9.10. The first kappa shape index (κ1) is 12.2. The van der Waals surface area contributed by atoms with E-state index in [4.69, 9.17) is 5.11 Å². The number of carbonyl (C=O) groups excluding carboxylic acids is 1. The molecule has 0 fully saturated rings. The number of ether oxygens (including phenoxy) is 1. The van der Waals surface area contributed by atoms with Crippen molar-refractivity contribution in [3.8, 4) is 0 Å². The normalized spacial score (nSPS) is 9.81. The van der Waals surface area contributed by atoms with Gasteiger partial charge in [0.15, 0.2) is 0 Å². The van der Waals surface area contributed by atoms with Crippen LogP contribution in [0.1, 0.15) is 28.8 Å². The molecule has 0 radical (unpaired) electrons. The lowest BCUT2D eigenvalue weighted by Gasteiger charge is -2.02. The molecule has 4 nitrogen and oxygen atoms in total. The standard InChI is InChI=1S/C12H14O4/c1-16-12(15)10-7-5-9(6-8-10)3-2-4-11(13)14/h5-8H,2-4H2,1H3,(H,13,14). The summed E-state index contributed by atoms with van der Waals surface area (Å²) in [7, 11) is 1.34. The molecule has 1 aromatic rings. The van der Waals surface area contributed by atoms with Crippen LogP contribution < -0.4 is 0 Å². The molecule has 0 amide bonds. The molecule has 0 aliphatic heterocycles. The molecular weight excluding hydrogens is 208 g/mol. The summed E-state index contributed by atoms with van der Waals surface area (Å²) in [6.45, 7) is 0. The molecule has 0 aliphatic rings. The number of benzene rings is 1. The first-order valence-electron chi connectivity index (χ1n) is 5.02. The summed E-state index contributed by atoms with van der Waals surface area (Å²) in [5.41, 5.74) is 1.53. The summed E-state index contributed by atoms with van der Waals surface area (Å²) in [6.07, 6.45) is 1.47. The first-order chi connectivity index (χ1) is 7.63. The van der Waals surface area contributed by atoms with Gasteiger partial charge in [0.25, 0.3) is 0 Å². The van der Waals surface area contributed by atoms with E-state index < -0.39 is 5.97 Å². The van der Waals surface area contributed by atoms with Gasteiger partial charge in [-0.2, -0.15) is 0 Å². The average molecular weight is 222 g/mol. The van der Waals surface area contributed by atoms with E-state index in [1.54, 1.807) is 12.1 Å². The number of rotatable bonds is 5. The molecule has 0 unspecified atom stereocenters. The smallest absolute Gasteiger partial charge is 0.337 e. The number of carbonyl (C=O) groups is 2. The summed E-state index contributed by atoms with van der Waals surface area (Å²) in [5.74, 6) is -1.15. The van der Waals surface area contributed by atoms with Crippen LogP contribution in [0.4, 0.5) is 0 Å². The van der Waals surface area contributed by atoms with Crippen LogP contribution in [-0.4, -0.2) is 24.2 Å². The Kier molecular flexibility index (Phi) is 4.51. The second-order valence-corrected chi connectivity index (χ2v) is 3.44. The molecule has 0 heterocycles. The summed E-state index contributed by atoms with van der Waals surface area (Å²) < 4.78 is 4.57. The molecule has 16 heavy (non-hydrogen) atoms. The van der Waals surface area contributed by atoms with Gasteiger partial charge in [-0.15, -0.1) is 0 Å². The molecule has 86 valence electrons. The van der Waals surface area contributed by atoms with Crippen LogP contribution in [0.2, 0.25) is 0 Å². The Bertz CT molecular complexity index is 367. The van der Waals surface area contributed by atoms with Crippen molar-refractivity contribution >= 4 is 11.9 Å². The predicted molar refractivity (Wildman–Crippen MR) is 58.4 cm³/mol. The van der Waals surface area contributed by atoms with E-state index in [0.29, 0.717) is 18.4 Å². The van der Waals surface area contributed by atoms with Crippen molar-refractivity contribution in [2.75, 3.05) is 7.11 Å². The molecule has 0 aromatic heterocycles. The zero-order valence-corrected chi connectivity index (χ0v) is 9.10. The van der Waals surface area contributed by atoms with Gasteiger partial charge in [0, 0.05) is 6.42 Å². The third kappa shape index (κ3) is 3.73. The van der Waals surface area contributed by atoms with Gasteiger partial charge in [-0.05, 0) is 30.5 Å². The van der Waals surface area contributed by atoms with Crippen LogP contribution in [0.25, 0.3) is 0 Å². The summed E-state index contributed by atoms with van der Waals surface area (Å²) >= 11 is 0. The molecule has 0 saturated carbocycles. The van der Waals surface area contributed by atoms with Gasteiger partial charge in [0.1, 0.15) is 0 Å². The SMILES string of the molecule is COC(=O)c1ccc(CCCC(=O)O)cc1. The van der Waals surface area contributed by atoms with Crippen LogP contribution in [0.5, 0.6) is 0 Å². The Hall–Kier alpha value is -1.84. The maximum atomic E-state index is 11.1. The van der Waals surface area contributed by atoms with Gasteiger partial charge in [0.05, 0.1) is 12.7 Å². The topological polar surface area (TPSA) is 63.6 Å². The largest absolute Gasteiger partial charge is 0.481 e. The molecule has 0 aliphatic carbocycles. The third-order valence-electron chi connectivity index (χ3n) is 2.23. The van der Waals surface area contributed by atoms with Crippen LogP contribution >= 0.6 is 0 Å². The lowest BCUT2D eigenvalue weighted by Crippen LogP contribution is -2.01. The Labute approximate surface area is 93.9 Å². The number of aliphatic carboxylic acids is 1. The van der Waals surface area contributed by atoms with Crippen molar-refractivity contribution in [1.29, 1.82) is 0 Å². The van der Waals surface area contributed by atoms with E-state index in [1.165, 1.54) is 7.11 Å². The Morgan fingerprint density at radius 1 is 1.25 bits per heavy atom. The highest BCUT2D eigenvalue weighted by molar-refractivity contribution is 5.89. The molecule has 1 rings (SSSR count). The van der Waals surface area contributed by atoms with Gasteiger partial charge >= 0.3 is 11.9 Å². The minimum absolute atomic E-state index is 0.165. The lowest BCUT2D eigenvalue weighted by molar-refractivity contribution is -0.137. The van der Waals surface area contributed by atoms with Gasteiger partial charge in [0.2, 0.25) is 0 Å². The van der Waals surface area contributed by atoms with Crippen LogP contribution in [-0.2, 0) is 16.0 Å². The average Bonchev–Trinajstić information content (AvgIpc) is 2.28. The van der Waals surface area contributed by atoms with Crippen LogP contribution in [0, 0.1) is 0 Å². The molecule has 4 heteroatoms. The molecule has 0 atom stereocenters. The van der Waals surface area contributed by atoms with Crippen molar-refractivity contribution in [2.45, 2.75) is 19.3 Å². The lowest BCUT2D eigenvalue weighted by atomic mass is 10.1. The molecule has 1 aromatic carbocycles. The number of hydrogen-bond acceptors (Lipinski definition) is 3. The van der Waals surface area contributed by atoms with Crippen LogP contribution in [0.15, 0.2) is 24.3 Å². The predicted octanol–water partition coefficient (Wildman–Crippen LogP) is 1.88. The molecule has 1 N–H and O–H groups in total. The molecule has 0 spiro atoms. The maximum Gasteiger partial charge on any atom is 0.337 e. The number of carboxylic acids is 1. The van der Waals surface area contributed by atoms with E-state index >= 15 is 0 Å². The number of hydrogen-bond donors (Lipinski definition) is 1. The Morgan fingerprint density at radius 2 is 1.88 bits per heavy atom. The number of carboxylic acid groups (broad SMARTS) is 1. The third-order valence-corrected chi connectivity index (χ3v) is 2.23. The summed E-state index contributed by atoms with van der Waals surface area (Å²) in [5, 5.41) is 8.48. The van der Waals surface area contributed by atoms with E-state index in [0.717, 1.165) is 5.56 Å². The quantitative estimate of drug-likeness (QED) is 0.772. The Balaban J connectivity index is 2.51. The highest BCUT2D eigenvalue weighted by Crippen LogP contribution is 2.08. The first-order valence-corrected chi connectivity index (χ1v) is 5.02. The number of aryl methyl sites for hydroxylation is 1. The van der Waals surface area contributed by atoms with E-state index in [9.17, 15) is 9.59 Å². The maximum absolute atomic E-state index is 11.1. The van der Waals surface area contributed by atoms with Gasteiger partial charge in [-0.1, -0.05) is 12.1 Å². The molecular formula is C12H14O4. The monoisotopic (exact) mass is 222 g/mol. The van der Waals surface area contributed by atoms with Gasteiger partial charge in [-0.25, -0.2) is 4.79 Å². The minimum atomic E-state index is -0.786. The van der Waals surface area contributed by atoms with Gasteiger partial charge in [-0.3, -0.25) is 4.79 Å². The van der Waals surface area contributed by atoms with E-state index in [-0.39, 0.29) is 12.4 Å². The van der Waals surface area contributed by atoms with Crippen molar-refractivity contribution in [3.63, 3.8) is 0 Å². The van der Waals surface area contributed by atoms with Crippen molar-refractivity contribution in [1.82, 2.24) is 0 Å².